The van der Waals surface area contributed by atoms with E-state index in [1.54, 1.807) is 9.80 Å². The molecule has 29 heavy (non-hydrogen) atoms. The van der Waals surface area contributed by atoms with Gasteiger partial charge in [0.05, 0.1) is 7.05 Å². The van der Waals surface area contributed by atoms with Crippen LogP contribution in [0.5, 0.6) is 0 Å². The van der Waals surface area contributed by atoms with E-state index in [-0.39, 0.29) is 30.2 Å². The monoisotopic (exact) mass is 433 g/mol. The summed E-state index contributed by atoms with van der Waals surface area (Å²) in [5, 5.41) is 2.36. The summed E-state index contributed by atoms with van der Waals surface area (Å²) in [6.45, 7) is 9.12. The highest BCUT2D eigenvalue weighted by Gasteiger charge is 2.36. The average Bonchev–Trinajstić information content (AvgIpc) is 3.00. The molecule has 0 atom stereocenters. The molecule has 156 valence electrons. The van der Waals surface area contributed by atoms with Crippen molar-refractivity contribution in [1.29, 1.82) is 0 Å². The first-order valence-corrected chi connectivity index (χ1v) is 10.2. The third-order valence-corrected chi connectivity index (χ3v) is 6.54. The Labute approximate surface area is 184 Å². The van der Waals surface area contributed by atoms with Crippen LogP contribution in [0.25, 0.3) is 21.8 Å². The number of para-hydroxylation sites is 1. The highest BCUT2D eigenvalue weighted by atomic mass is 35.5. The molecule has 0 bridgehead atoms. The number of aromatic nitrogens is 1. The van der Waals surface area contributed by atoms with Crippen molar-refractivity contribution in [2.75, 3.05) is 33.2 Å². The van der Waals surface area contributed by atoms with Crippen molar-refractivity contribution < 1.29 is 39.4 Å². The van der Waals surface area contributed by atoms with E-state index < -0.39 is 0 Å². The third-order valence-electron chi connectivity index (χ3n) is 6.54. The van der Waals surface area contributed by atoms with Gasteiger partial charge in [0, 0.05) is 34.3 Å². The van der Waals surface area contributed by atoms with E-state index in [9.17, 15) is 4.79 Å². The number of hydrogen-bond donors (Lipinski definition) is 3. The lowest BCUT2D eigenvalue weighted by molar-refractivity contribution is -0.974. The molecule has 2 aromatic carbocycles. The topological polar surface area (TPSA) is 41.7 Å². The first-order chi connectivity index (χ1) is 12.9. The van der Waals surface area contributed by atoms with Crippen LogP contribution in [0.4, 0.5) is 5.69 Å². The first-order valence-electron chi connectivity index (χ1n) is 10.2. The Kier molecular flexibility index (Phi) is 6.03. The Hall–Kier alpha value is -1.59. The molecule has 2 heterocycles. The van der Waals surface area contributed by atoms with Crippen LogP contribution in [0.3, 0.4) is 0 Å². The number of piperazine rings is 1. The summed E-state index contributed by atoms with van der Waals surface area (Å²) >= 11 is 0. The Balaban J connectivity index is 0.00000120. The van der Waals surface area contributed by atoms with Gasteiger partial charge in [-0.15, -0.1) is 0 Å². The molecule has 2 aliphatic rings. The summed E-state index contributed by atoms with van der Waals surface area (Å²) in [4.78, 5) is 20.0. The molecule has 1 aromatic heterocycles. The normalized spacial score (nSPS) is 23.3. The Morgan fingerprint density at radius 3 is 2.41 bits per heavy atom. The molecule has 0 spiro atoms. The van der Waals surface area contributed by atoms with Crippen molar-refractivity contribution in [3.63, 3.8) is 0 Å². The van der Waals surface area contributed by atoms with Gasteiger partial charge in [-0.25, -0.2) is 0 Å². The zero-order valence-corrected chi connectivity index (χ0v) is 18.8. The van der Waals surface area contributed by atoms with Gasteiger partial charge in [0.1, 0.15) is 31.7 Å². The second-order valence-corrected chi connectivity index (χ2v) is 9.38. The van der Waals surface area contributed by atoms with Crippen LogP contribution in [0.1, 0.15) is 36.2 Å². The van der Waals surface area contributed by atoms with Gasteiger partial charge in [-0.2, -0.15) is 0 Å². The fourth-order valence-corrected chi connectivity index (χ4v) is 5.17. The number of H-pyrrole nitrogens is 1. The number of ketones is 1. The summed E-state index contributed by atoms with van der Waals surface area (Å²) in [6, 6.07) is 10.8. The molecule has 3 N–H and O–H groups in total. The Morgan fingerprint density at radius 2 is 1.69 bits per heavy atom. The van der Waals surface area contributed by atoms with Crippen LogP contribution in [-0.2, 0) is 6.42 Å². The smallest absolute Gasteiger partial charge is 0.164 e. The standard InChI is InChI=1S/C23H27N3O.2ClH/c1-23(2)13-15-12-18(26-10-8-25(3)9-11-26)22-21(20(15)19(27)14-23)16-6-4-5-7-17(16)24-22;;/h4-7,12,24H,8-11,13-14H2,1-3H3;2*1H. The molecule has 1 saturated heterocycles. The number of benzene rings is 2. The summed E-state index contributed by atoms with van der Waals surface area (Å²) in [7, 11) is 2.28. The highest BCUT2D eigenvalue weighted by Crippen LogP contribution is 2.42. The zero-order chi connectivity index (χ0) is 18.8. The minimum absolute atomic E-state index is 0. The lowest BCUT2D eigenvalue weighted by Gasteiger charge is -2.32. The van der Waals surface area contributed by atoms with Gasteiger partial charge in [-0.3, -0.25) is 9.69 Å². The summed E-state index contributed by atoms with van der Waals surface area (Å²) in [6.07, 6.45) is 1.62. The van der Waals surface area contributed by atoms with Gasteiger partial charge < -0.3 is 34.7 Å². The van der Waals surface area contributed by atoms with E-state index in [0.717, 1.165) is 36.0 Å². The van der Waals surface area contributed by atoms with Crippen LogP contribution >= 0.6 is 0 Å². The lowest BCUT2D eigenvalue weighted by Crippen LogP contribution is -3.25. The lowest BCUT2D eigenvalue weighted by atomic mass is 9.72. The summed E-state index contributed by atoms with van der Waals surface area (Å²) in [5.74, 6) is 0.306. The number of nitrogens with one attached hydrogen (secondary N) is 3. The molecule has 6 heteroatoms. The maximum atomic E-state index is 13.2. The van der Waals surface area contributed by atoms with Crippen molar-refractivity contribution in [3.05, 3.63) is 41.5 Å². The number of halogens is 2. The molecule has 0 unspecified atom stereocenters. The minimum Gasteiger partial charge on any atom is -1.00 e. The molecule has 1 aliphatic carbocycles. The van der Waals surface area contributed by atoms with Gasteiger partial charge in [0.15, 0.2) is 11.5 Å². The fourth-order valence-electron chi connectivity index (χ4n) is 5.17. The van der Waals surface area contributed by atoms with Crippen LogP contribution < -0.4 is 34.6 Å². The number of aromatic amines is 1. The maximum Gasteiger partial charge on any atom is 0.164 e. The molecule has 0 radical (unpaired) electrons. The number of likely N-dealkylation sites (N-methyl/N-ethyl adjacent to an activating group) is 1. The van der Waals surface area contributed by atoms with Gasteiger partial charge in [0.2, 0.25) is 0 Å². The molecular formula is C23H29Cl2N3O. The van der Waals surface area contributed by atoms with Gasteiger partial charge in [-0.1, -0.05) is 32.0 Å². The van der Waals surface area contributed by atoms with Crippen molar-refractivity contribution in [2.24, 2.45) is 5.41 Å². The third kappa shape index (κ3) is 3.68. The van der Waals surface area contributed by atoms with Crippen molar-refractivity contribution in [3.8, 4) is 0 Å². The average molecular weight is 434 g/mol. The molecule has 3 aromatic rings. The van der Waals surface area contributed by atoms with Crippen LogP contribution in [0, 0.1) is 5.41 Å². The van der Waals surface area contributed by atoms with Crippen molar-refractivity contribution in [1.82, 2.24) is 4.98 Å². The van der Waals surface area contributed by atoms with E-state index in [0.29, 0.717) is 12.2 Å². The van der Waals surface area contributed by atoms with E-state index in [2.05, 4.69) is 56.2 Å². The SMILES string of the molecule is C[NH+]1CC[NH+](c2cc3c(c4c2[nH]c2ccccc24)C(=O)CC(C)(C)C3)CC1.[Cl-].[Cl-]. The summed E-state index contributed by atoms with van der Waals surface area (Å²) < 4.78 is 0. The molecule has 1 fully saturated rings. The van der Waals surface area contributed by atoms with E-state index >= 15 is 0 Å². The van der Waals surface area contributed by atoms with Crippen LogP contribution in [0.15, 0.2) is 30.3 Å². The van der Waals surface area contributed by atoms with E-state index in [4.69, 9.17) is 0 Å². The second kappa shape index (κ2) is 7.92. The number of hydrogen-bond acceptors (Lipinski definition) is 1. The Morgan fingerprint density at radius 1 is 1.00 bits per heavy atom. The largest absolute Gasteiger partial charge is 1.00 e. The van der Waals surface area contributed by atoms with Crippen molar-refractivity contribution >= 4 is 33.3 Å². The van der Waals surface area contributed by atoms with Gasteiger partial charge in [0.25, 0.3) is 0 Å². The predicted octanol–water partition coefficient (Wildman–Crippen LogP) is -4.47. The maximum absolute atomic E-state index is 13.2. The molecule has 0 saturated carbocycles. The molecule has 1 aliphatic heterocycles. The van der Waals surface area contributed by atoms with E-state index in [1.807, 2.05) is 0 Å². The molecular weight excluding hydrogens is 405 g/mol. The quantitative estimate of drug-likeness (QED) is 0.356. The number of Topliss-reactive ketones (excluding diaryl/α,β-unsaturated/α-hetero) is 1. The minimum atomic E-state index is 0. The molecule has 0 amide bonds. The van der Waals surface area contributed by atoms with Crippen LogP contribution in [-0.4, -0.2) is 44.0 Å². The predicted molar refractivity (Wildman–Crippen MR) is 109 cm³/mol. The molecule has 5 rings (SSSR count). The van der Waals surface area contributed by atoms with Crippen molar-refractivity contribution in [2.45, 2.75) is 26.7 Å². The van der Waals surface area contributed by atoms with Gasteiger partial charge >= 0.3 is 0 Å². The van der Waals surface area contributed by atoms with E-state index in [1.165, 1.54) is 35.2 Å². The number of quaternary nitrogens is 2. The zero-order valence-electron chi connectivity index (χ0n) is 17.3. The number of rotatable bonds is 1. The Bertz CT molecular complexity index is 1060. The van der Waals surface area contributed by atoms with Crippen LogP contribution in [0.2, 0.25) is 0 Å². The number of fused-ring (bicyclic) bond motifs is 5. The molecule has 4 nitrogen and oxygen atoms in total. The fraction of sp³-hybridized carbons (Fsp3) is 0.435. The van der Waals surface area contributed by atoms with Gasteiger partial charge in [-0.05, 0) is 23.5 Å². The summed E-state index contributed by atoms with van der Waals surface area (Å²) in [5.41, 5.74) is 5.95. The highest BCUT2D eigenvalue weighted by molar-refractivity contribution is 6.21. The number of carbonyl (C=O) groups excluding carboxylic acids is 1. The number of carbonyl (C=O) groups is 1. The second-order valence-electron chi connectivity index (χ2n) is 9.38. The first kappa shape index (κ1) is 22.1.